The standard InChI is InChI=1S/C22H22F3NO3.C20H23NO2.C16H18F3NO2.C15H16F3NO2.C14H19NO/c1-28-15-5-7-16(8-6-15)29-17-9-10-18-14(13-17)4-11-20-19(18)3-2-12-26(20)21(27)22(23,24)25;1-22-15-5-7-16(8-6-15)23-17-9-10-18-14(13-17)4-11-20-19(18)3-2-12-21-20;1-22-11-5-6-12-10(9-11)4-7-14-13(12)3-2-8-20(14)15(21)16(17,18)19;16-15(17,18)14(21)19-7-1-2-12-11-5-4-10(20)8-9(11)3-6-13(12)19;1-16-11-5-6-12-10(9-11)4-7-14-13(12)3-2-8-15-14/h5-10,13,19-20H,2-4,11-12H2,1H3;5-10,13,19-21H,2-4,11-12H2,1H3;5-6,9,13-14H,2-4,7-8H2,1H3;4-5,8,12-13,20H,1-3,6-7H2;5-6,9,13-15H,2-4,7-8H2,1H3/t2*19?,20-;13?,14-;12?,13-;13?,14-/m00000/s1. The van der Waals surface area contributed by atoms with Gasteiger partial charge in [-0.15, -0.1) is 0 Å². The van der Waals surface area contributed by atoms with E-state index < -0.39 is 42.3 Å². The summed E-state index contributed by atoms with van der Waals surface area (Å²) in [5.74, 6) is 2.82. The highest BCUT2D eigenvalue weighted by Crippen LogP contribution is 2.48. The summed E-state index contributed by atoms with van der Waals surface area (Å²) in [7, 11) is 6.61. The first-order valence-electron chi connectivity index (χ1n) is 39.0. The predicted molar refractivity (Wildman–Crippen MR) is 403 cm³/mol. The molecule has 7 aromatic rings. The molecule has 0 spiro atoms. The quantitative estimate of drug-likeness (QED) is 0.124. The van der Waals surface area contributed by atoms with Crippen LogP contribution in [0.15, 0.2) is 140 Å². The van der Waals surface area contributed by atoms with Crippen molar-refractivity contribution in [3.05, 3.63) is 195 Å². The maximum Gasteiger partial charge on any atom is 0.471 e. The van der Waals surface area contributed by atoms with Crippen molar-refractivity contribution < 1.29 is 87.4 Å². The summed E-state index contributed by atoms with van der Waals surface area (Å²) in [6, 6.07) is 45.0. The zero-order valence-electron chi connectivity index (χ0n) is 63.1. The lowest BCUT2D eigenvalue weighted by Gasteiger charge is -2.45. The van der Waals surface area contributed by atoms with Crippen LogP contribution in [0.3, 0.4) is 0 Å². The number of phenolic OH excluding ortho intramolecular Hbond substituents is 1. The Bertz CT molecular complexity index is 4390. The number of nitrogens with zero attached hydrogens (tertiary/aromatic N) is 3. The molecule has 5 saturated heterocycles. The van der Waals surface area contributed by atoms with E-state index in [1.165, 1.54) is 74.7 Å². The molecule has 5 aliphatic carbocycles. The van der Waals surface area contributed by atoms with Gasteiger partial charge in [-0.3, -0.25) is 14.4 Å². The van der Waals surface area contributed by atoms with Crippen molar-refractivity contribution in [1.29, 1.82) is 0 Å². The van der Waals surface area contributed by atoms with E-state index in [1.807, 2.05) is 84.9 Å². The van der Waals surface area contributed by atoms with Crippen molar-refractivity contribution in [1.82, 2.24) is 25.3 Å². The number of aromatic hydroxyl groups is 1. The van der Waals surface area contributed by atoms with Crippen LogP contribution in [0.5, 0.6) is 51.7 Å². The Morgan fingerprint density at radius 1 is 0.333 bits per heavy atom. The maximum atomic E-state index is 13.0. The van der Waals surface area contributed by atoms with Crippen LogP contribution >= 0.6 is 0 Å². The number of likely N-dealkylation sites (tertiary alicyclic amines) is 3. The lowest BCUT2D eigenvalue weighted by molar-refractivity contribution is -0.190. The van der Waals surface area contributed by atoms with Gasteiger partial charge in [0.15, 0.2) is 0 Å². The molecule has 3 amide bonds. The van der Waals surface area contributed by atoms with Crippen molar-refractivity contribution in [3.8, 4) is 51.7 Å². The summed E-state index contributed by atoms with van der Waals surface area (Å²) in [5, 5.41) is 16.9. The van der Waals surface area contributed by atoms with E-state index in [4.69, 9.17) is 28.4 Å². The summed E-state index contributed by atoms with van der Waals surface area (Å²) < 4.78 is 148. The fraction of sp³-hybridized carbons (Fsp3) is 0.483. The highest BCUT2D eigenvalue weighted by Gasteiger charge is 2.51. The molecule has 111 heavy (non-hydrogen) atoms. The maximum absolute atomic E-state index is 13.0. The van der Waals surface area contributed by atoms with Crippen LogP contribution in [-0.4, -0.2) is 147 Å². The zero-order chi connectivity index (χ0) is 78.3. The van der Waals surface area contributed by atoms with Crippen molar-refractivity contribution in [2.45, 2.75) is 207 Å². The number of amides is 3. The third-order valence-electron chi connectivity index (χ3n) is 24.2. The SMILES string of the molecule is COc1ccc(Oc2ccc3c(c2)CC[C@@H]2NCCCC32)cc1.COc1ccc(Oc2ccc3c(c2)CC[C@H]2C3CCCN2C(=O)C(F)(F)F)cc1.COc1ccc2c(c1)CC[C@@H]1NCCCC21.COc1ccc2c(c1)CC[C@H]1C2CCCN1C(=O)C(F)(F)F.O=C(N1CCCC2c3ccc(O)cc3CC[C@@H]21)C(F)(F)F. The molecule has 0 saturated carbocycles. The molecule has 5 heterocycles. The van der Waals surface area contributed by atoms with E-state index >= 15 is 0 Å². The number of carbonyl (C=O) groups is 3. The minimum absolute atomic E-state index is 0.00490. The Labute approximate surface area is 642 Å². The van der Waals surface area contributed by atoms with Crippen LogP contribution in [0.1, 0.15) is 182 Å². The van der Waals surface area contributed by atoms with Gasteiger partial charge in [-0.2, -0.15) is 39.5 Å². The normalized spacial score (nSPS) is 23.9. The Morgan fingerprint density at radius 2 is 0.604 bits per heavy atom. The van der Waals surface area contributed by atoms with Crippen LogP contribution < -0.4 is 39.1 Å². The van der Waals surface area contributed by atoms with Gasteiger partial charge in [0, 0.05) is 67.6 Å². The topological polar surface area (TPSA) is 161 Å². The number of fused-ring (bicyclic) bond motifs is 15. The predicted octanol–water partition coefficient (Wildman–Crippen LogP) is 18.1. The van der Waals surface area contributed by atoms with Gasteiger partial charge in [0.05, 0.1) is 28.4 Å². The van der Waals surface area contributed by atoms with Gasteiger partial charge in [-0.05, 0) is 318 Å². The van der Waals surface area contributed by atoms with Crippen molar-refractivity contribution >= 4 is 17.7 Å². The summed E-state index contributed by atoms with van der Waals surface area (Å²) in [6.07, 6.45) is 3.35. The molecule has 15 nitrogen and oxygen atoms in total. The second-order valence-corrected chi connectivity index (χ2v) is 30.5. The smallest absolute Gasteiger partial charge is 0.471 e. The Hall–Kier alpha value is -9.16. The van der Waals surface area contributed by atoms with Gasteiger partial charge >= 0.3 is 36.3 Å². The molecule has 24 heteroatoms. The lowest BCUT2D eigenvalue weighted by Crippen LogP contribution is -2.53. The van der Waals surface area contributed by atoms with Crippen LogP contribution in [0.4, 0.5) is 39.5 Å². The summed E-state index contributed by atoms with van der Waals surface area (Å²) in [5.41, 5.74) is 12.3. The van der Waals surface area contributed by atoms with E-state index in [2.05, 4.69) is 47.0 Å². The van der Waals surface area contributed by atoms with E-state index in [0.717, 1.165) is 120 Å². The second-order valence-electron chi connectivity index (χ2n) is 30.5. The van der Waals surface area contributed by atoms with E-state index in [9.17, 15) is 59.0 Å². The lowest BCUT2D eigenvalue weighted by atomic mass is 9.74. The number of hydrogen-bond donors (Lipinski definition) is 3. The first-order valence-corrected chi connectivity index (χ1v) is 39.0. The third-order valence-corrected chi connectivity index (χ3v) is 24.2. The van der Waals surface area contributed by atoms with Gasteiger partial charge in [-0.25, -0.2) is 0 Å². The minimum atomic E-state index is -4.82. The number of alkyl halides is 9. The van der Waals surface area contributed by atoms with Crippen molar-refractivity contribution in [2.75, 3.05) is 61.2 Å². The molecule has 0 bridgehead atoms. The molecule has 10 atom stereocenters. The Balaban J connectivity index is 0.000000123. The van der Waals surface area contributed by atoms with Crippen LogP contribution in [0.25, 0.3) is 0 Å². The number of benzene rings is 7. The van der Waals surface area contributed by atoms with Gasteiger partial charge in [0.2, 0.25) is 0 Å². The van der Waals surface area contributed by atoms with Gasteiger partial charge in [-0.1, -0.05) is 30.3 Å². The van der Waals surface area contributed by atoms with Crippen LogP contribution in [0, 0.1) is 0 Å². The summed E-state index contributed by atoms with van der Waals surface area (Å²) in [4.78, 5) is 38.2. The fourth-order valence-electron chi connectivity index (χ4n) is 19.1. The molecular formula is C87H98F9N5O10. The molecule has 17 rings (SSSR count). The molecule has 0 radical (unpaired) electrons. The fourth-order valence-corrected chi connectivity index (χ4v) is 19.1. The Morgan fingerprint density at radius 3 is 0.937 bits per heavy atom. The number of piperidine rings is 5. The van der Waals surface area contributed by atoms with Crippen molar-refractivity contribution in [2.24, 2.45) is 0 Å². The number of carbonyl (C=O) groups excluding carboxylic acids is 3. The molecule has 5 fully saturated rings. The summed E-state index contributed by atoms with van der Waals surface area (Å²) in [6.45, 7) is 2.92. The number of nitrogens with one attached hydrogen (secondary N) is 2. The Kier molecular flexibility index (Phi) is 25.1. The van der Waals surface area contributed by atoms with Gasteiger partial charge in [0.25, 0.3) is 0 Å². The van der Waals surface area contributed by atoms with E-state index in [0.29, 0.717) is 81.2 Å². The van der Waals surface area contributed by atoms with Gasteiger partial charge in [0.1, 0.15) is 51.7 Å². The van der Waals surface area contributed by atoms with Gasteiger partial charge < -0.3 is 58.9 Å². The molecule has 5 unspecified atom stereocenters. The molecule has 0 aromatic heterocycles. The minimum Gasteiger partial charge on any atom is -0.508 e. The van der Waals surface area contributed by atoms with Crippen molar-refractivity contribution in [3.63, 3.8) is 0 Å². The second kappa shape index (κ2) is 34.8. The molecule has 10 aliphatic rings. The average Bonchev–Trinajstić information content (AvgIpc) is 0.777. The number of rotatable bonds is 8. The monoisotopic (exact) mass is 1540 g/mol. The highest BCUT2D eigenvalue weighted by atomic mass is 19.4. The number of phenols is 1. The molecule has 3 N–H and O–H groups in total. The first-order chi connectivity index (χ1) is 53.4. The number of methoxy groups -OCH3 is 4. The number of aryl methyl sites for hydroxylation is 5. The first kappa shape index (κ1) is 79.9. The highest BCUT2D eigenvalue weighted by molar-refractivity contribution is 5.83. The average molecular weight is 1540 g/mol. The number of ether oxygens (including phenoxy) is 6. The largest absolute Gasteiger partial charge is 0.508 e. The van der Waals surface area contributed by atoms with Crippen LogP contribution in [0.2, 0.25) is 0 Å². The van der Waals surface area contributed by atoms with Crippen LogP contribution in [-0.2, 0) is 46.5 Å². The zero-order valence-corrected chi connectivity index (χ0v) is 63.1. The third kappa shape index (κ3) is 18.5. The molecule has 5 aliphatic heterocycles. The number of halogens is 9. The number of hydrogen-bond acceptors (Lipinski definition) is 12. The molecule has 594 valence electrons. The summed E-state index contributed by atoms with van der Waals surface area (Å²) >= 11 is 0. The van der Waals surface area contributed by atoms with E-state index in [1.54, 1.807) is 52.2 Å². The molecule has 7 aromatic carbocycles. The van der Waals surface area contributed by atoms with E-state index in [-0.39, 0.29) is 55.2 Å². The molecular weight excluding hydrogens is 1450 g/mol.